The van der Waals surface area contributed by atoms with Crippen LogP contribution in [0.25, 0.3) is 0 Å². The molecule has 2 rings (SSSR count). The van der Waals surface area contributed by atoms with Gasteiger partial charge in [0.15, 0.2) is 0 Å². The van der Waals surface area contributed by atoms with Crippen molar-refractivity contribution in [2.75, 3.05) is 25.0 Å². The summed E-state index contributed by atoms with van der Waals surface area (Å²) in [6.45, 7) is 8.00. The first-order chi connectivity index (χ1) is 11.3. The SMILES string of the molecule is CC.CC.CSC.CSC.c1ccc(Sc2ccccc2)cc1. The van der Waals surface area contributed by atoms with E-state index in [4.69, 9.17) is 0 Å². The minimum Gasteiger partial charge on any atom is -0.169 e. The summed E-state index contributed by atoms with van der Waals surface area (Å²) in [4.78, 5) is 2.57. The standard InChI is InChI=1S/C12H10S.2C2H6S.2C2H6/c1-3-7-11(8-4-1)13-12-9-5-2-6-10-12;2*1-3-2;2*1-2/h1-10H;2*1-2H3;2*1-2H3. The normalized spacial score (nSPS) is 7.65. The maximum absolute atomic E-state index is 2.12. The number of rotatable bonds is 2. The molecule has 0 amide bonds. The third-order valence-corrected chi connectivity index (χ3v) is 2.74. The van der Waals surface area contributed by atoms with Gasteiger partial charge in [-0.05, 0) is 49.3 Å². The van der Waals surface area contributed by atoms with Gasteiger partial charge in [0.2, 0.25) is 0 Å². The van der Waals surface area contributed by atoms with Gasteiger partial charge in [0.1, 0.15) is 0 Å². The van der Waals surface area contributed by atoms with E-state index in [9.17, 15) is 0 Å². The van der Waals surface area contributed by atoms with Crippen molar-refractivity contribution < 1.29 is 0 Å². The van der Waals surface area contributed by atoms with E-state index in [-0.39, 0.29) is 0 Å². The van der Waals surface area contributed by atoms with E-state index in [0.29, 0.717) is 0 Å². The molecule has 0 aliphatic rings. The van der Waals surface area contributed by atoms with Crippen LogP contribution in [0.4, 0.5) is 0 Å². The van der Waals surface area contributed by atoms with Gasteiger partial charge in [0.05, 0.1) is 0 Å². The van der Waals surface area contributed by atoms with Gasteiger partial charge in [-0.2, -0.15) is 23.5 Å². The second kappa shape index (κ2) is 26.4. The Morgan fingerprint density at radius 2 is 0.696 bits per heavy atom. The highest BCUT2D eigenvalue weighted by Crippen LogP contribution is 2.26. The molecule has 3 heteroatoms. The smallest absolute Gasteiger partial charge is 0.0122 e. The van der Waals surface area contributed by atoms with E-state index in [2.05, 4.69) is 48.5 Å². The van der Waals surface area contributed by atoms with Gasteiger partial charge in [0.25, 0.3) is 0 Å². The monoisotopic (exact) mass is 370 g/mol. The van der Waals surface area contributed by atoms with Gasteiger partial charge in [0, 0.05) is 9.79 Å². The van der Waals surface area contributed by atoms with Crippen molar-refractivity contribution in [3.8, 4) is 0 Å². The van der Waals surface area contributed by atoms with Crippen LogP contribution in [0.3, 0.4) is 0 Å². The number of thioether (sulfide) groups is 2. The van der Waals surface area contributed by atoms with Gasteiger partial charge in [-0.25, -0.2) is 0 Å². The molecule has 0 aromatic heterocycles. The molecule has 0 spiro atoms. The van der Waals surface area contributed by atoms with Crippen LogP contribution in [0.15, 0.2) is 70.5 Å². The average molecular weight is 371 g/mol. The summed E-state index contributed by atoms with van der Waals surface area (Å²) < 4.78 is 0. The van der Waals surface area contributed by atoms with Crippen molar-refractivity contribution in [2.24, 2.45) is 0 Å². The van der Waals surface area contributed by atoms with E-state index >= 15 is 0 Å². The molecular weight excluding hydrogens is 336 g/mol. The zero-order chi connectivity index (χ0) is 18.3. The van der Waals surface area contributed by atoms with Crippen LogP contribution in [0.5, 0.6) is 0 Å². The lowest BCUT2D eigenvalue weighted by Gasteiger charge is -1.99. The molecule has 0 fully saturated rings. The quantitative estimate of drug-likeness (QED) is 0.528. The molecule has 0 aliphatic carbocycles. The van der Waals surface area contributed by atoms with Crippen molar-refractivity contribution in [1.82, 2.24) is 0 Å². The Balaban J connectivity index is -0.000000339. The largest absolute Gasteiger partial charge is 0.169 e. The first-order valence-corrected chi connectivity index (χ1v) is 11.9. The van der Waals surface area contributed by atoms with E-state index < -0.39 is 0 Å². The van der Waals surface area contributed by atoms with E-state index in [1.807, 2.05) is 64.9 Å². The Hall–Kier alpha value is -0.510. The highest BCUT2D eigenvalue weighted by Gasteiger charge is 1.93. The van der Waals surface area contributed by atoms with Crippen molar-refractivity contribution in [1.29, 1.82) is 0 Å². The van der Waals surface area contributed by atoms with Gasteiger partial charge < -0.3 is 0 Å². The molecule has 2 aromatic carbocycles. The first-order valence-electron chi connectivity index (χ1n) is 7.86. The molecule has 0 nitrogen and oxygen atoms in total. The topological polar surface area (TPSA) is 0 Å². The molecule has 23 heavy (non-hydrogen) atoms. The number of benzene rings is 2. The fourth-order valence-corrected chi connectivity index (χ4v) is 1.97. The molecular formula is C20H34S3. The van der Waals surface area contributed by atoms with Gasteiger partial charge >= 0.3 is 0 Å². The van der Waals surface area contributed by atoms with Gasteiger partial charge in [-0.3, -0.25) is 0 Å². The van der Waals surface area contributed by atoms with Crippen molar-refractivity contribution in [2.45, 2.75) is 37.5 Å². The molecule has 0 aliphatic heterocycles. The Morgan fingerprint density at radius 3 is 0.913 bits per heavy atom. The summed E-state index contributed by atoms with van der Waals surface area (Å²) in [5.74, 6) is 0. The summed E-state index contributed by atoms with van der Waals surface area (Å²) in [6.07, 6.45) is 8.17. The summed E-state index contributed by atoms with van der Waals surface area (Å²) >= 11 is 5.29. The molecule has 0 saturated heterocycles. The lowest BCUT2D eigenvalue weighted by molar-refractivity contribution is 1.41. The van der Waals surface area contributed by atoms with Crippen LogP contribution >= 0.6 is 35.3 Å². The highest BCUT2D eigenvalue weighted by atomic mass is 32.2. The Labute approximate surface area is 158 Å². The molecule has 0 bridgehead atoms. The van der Waals surface area contributed by atoms with E-state index in [1.54, 1.807) is 35.3 Å². The Bertz CT molecular complexity index is 349. The van der Waals surface area contributed by atoms with Gasteiger partial charge in [-0.15, -0.1) is 0 Å². The van der Waals surface area contributed by atoms with Crippen LogP contribution in [-0.2, 0) is 0 Å². The molecule has 0 N–H and O–H groups in total. The van der Waals surface area contributed by atoms with Crippen LogP contribution in [0, 0.1) is 0 Å². The second-order valence-electron chi connectivity index (χ2n) is 3.54. The number of hydrogen-bond acceptors (Lipinski definition) is 3. The van der Waals surface area contributed by atoms with E-state index in [1.165, 1.54) is 9.79 Å². The summed E-state index contributed by atoms with van der Waals surface area (Å²) in [5, 5.41) is 0. The predicted octanol–water partition coefficient (Wildman–Crippen LogP) is 7.85. The lowest BCUT2D eigenvalue weighted by Crippen LogP contribution is -1.70. The predicted molar refractivity (Wildman–Crippen MR) is 119 cm³/mol. The minimum absolute atomic E-state index is 1.29. The first kappa shape index (κ1) is 27.3. The third-order valence-electron chi connectivity index (χ3n) is 1.72. The minimum atomic E-state index is 1.29. The summed E-state index contributed by atoms with van der Waals surface area (Å²) in [6, 6.07) is 20.8. The fourth-order valence-electron chi connectivity index (χ4n) is 1.11. The van der Waals surface area contributed by atoms with Crippen LogP contribution in [0.2, 0.25) is 0 Å². The Kier molecular flexibility index (Phi) is 31.4. The highest BCUT2D eigenvalue weighted by molar-refractivity contribution is 7.99. The van der Waals surface area contributed by atoms with Crippen molar-refractivity contribution >= 4 is 35.3 Å². The van der Waals surface area contributed by atoms with E-state index in [0.717, 1.165) is 0 Å². The van der Waals surface area contributed by atoms with Gasteiger partial charge in [-0.1, -0.05) is 75.9 Å². The molecule has 0 atom stereocenters. The molecule has 0 radical (unpaired) electrons. The fraction of sp³-hybridized carbons (Fsp3) is 0.400. The third kappa shape index (κ3) is 21.5. The maximum Gasteiger partial charge on any atom is 0.0122 e. The molecule has 0 saturated carbocycles. The summed E-state index contributed by atoms with van der Waals surface area (Å²) in [5.41, 5.74) is 0. The summed E-state index contributed by atoms with van der Waals surface area (Å²) in [7, 11) is 0. The van der Waals surface area contributed by atoms with Crippen LogP contribution < -0.4 is 0 Å². The molecule has 0 heterocycles. The maximum atomic E-state index is 2.12. The second-order valence-corrected chi connectivity index (χ2v) is 6.32. The molecule has 132 valence electrons. The molecule has 0 unspecified atom stereocenters. The van der Waals surface area contributed by atoms with Crippen LogP contribution in [0.1, 0.15) is 27.7 Å². The average Bonchev–Trinajstić information content (AvgIpc) is 2.62. The zero-order valence-corrected chi connectivity index (χ0v) is 18.4. The number of hydrogen-bond donors (Lipinski definition) is 0. The van der Waals surface area contributed by atoms with Crippen LogP contribution in [-0.4, -0.2) is 25.0 Å². The lowest BCUT2D eigenvalue weighted by atomic mass is 10.4. The molecule has 2 aromatic rings. The van der Waals surface area contributed by atoms with Crippen molar-refractivity contribution in [3.05, 3.63) is 60.7 Å². The Morgan fingerprint density at radius 1 is 0.478 bits per heavy atom. The van der Waals surface area contributed by atoms with Crippen molar-refractivity contribution in [3.63, 3.8) is 0 Å². The zero-order valence-electron chi connectivity index (χ0n) is 16.0.